The number of hydrogen-bond donors (Lipinski definition) is 2. The van der Waals surface area contributed by atoms with Crippen LogP contribution in [0.5, 0.6) is 0 Å². The molecule has 0 spiro atoms. The minimum Gasteiger partial charge on any atom is -0.457 e. The number of esters is 1. The van der Waals surface area contributed by atoms with E-state index in [0.717, 1.165) is 70.6 Å². The summed E-state index contributed by atoms with van der Waals surface area (Å²) in [6.07, 6.45) is 69.9. The maximum Gasteiger partial charge on any atom is 0.472 e. The first-order valence-corrected chi connectivity index (χ1v) is 29.8. The number of allylic oxidation sites excluding steroid dienone is 10. The topological polar surface area (TPSA) is 117 Å². The Morgan fingerprint density at radius 1 is 0.463 bits per heavy atom. The summed E-state index contributed by atoms with van der Waals surface area (Å²) >= 11 is 0. The van der Waals surface area contributed by atoms with Gasteiger partial charge in [0, 0.05) is 19.6 Å². The van der Waals surface area contributed by atoms with E-state index in [1.54, 1.807) is 0 Å². The quantitative estimate of drug-likeness (QED) is 0.0268. The van der Waals surface area contributed by atoms with E-state index in [9.17, 15) is 14.3 Å². The molecule has 392 valence electrons. The van der Waals surface area contributed by atoms with Crippen LogP contribution in [0.4, 0.5) is 0 Å². The van der Waals surface area contributed by atoms with Gasteiger partial charge < -0.3 is 20.1 Å². The summed E-state index contributed by atoms with van der Waals surface area (Å²) in [5.74, 6) is -0.338. The number of unbranched alkanes of at least 4 members (excludes halogenated alkanes) is 31. The zero-order chi connectivity index (χ0) is 48.7. The van der Waals surface area contributed by atoms with Crippen LogP contribution >= 0.6 is 7.82 Å². The van der Waals surface area contributed by atoms with Crippen molar-refractivity contribution in [2.24, 2.45) is 5.73 Å². The molecule has 0 saturated carbocycles. The van der Waals surface area contributed by atoms with Crippen LogP contribution in [-0.4, -0.2) is 49.9 Å². The van der Waals surface area contributed by atoms with E-state index < -0.39 is 13.9 Å². The van der Waals surface area contributed by atoms with Crippen LogP contribution in [0.1, 0.15) is 264 Å². The maximum atomic E-state index is 12.7. The summed E-state index contributed by atoms with van der Waals surface area (Å²) in [6, 6.07) is 0. The van der Waals surface area contributed by atoms with Crippen molar-refractivity contribution in [3.8, 4) is 0 Å². The molecule has 67 heavy (non-hydrogen) atoms. The fourth-order valence-electron chi connectivity index (χ4n) is 8.09. The first kappa shape index (κ1) is 65.2. The zero-order valence-corrected chi connectivity index (χ0v) is 44.8. The van der Waals surface area contributed by atoms with E-state index in [1.807, 2.05) is 0 Å². The number of phosphoric ester groups is 1. The molecule has 0 aliphatic heterocycles. The van der Waals surface area contributed by atoms with Crippen LogP contribution in [0.3, 0.4) is 0 Å². The molecule has 8 nitrogen and oxygen atoms in total. The molecule has 9 heteroatoms. The molecule has 0 aromatic carbocycles. The normalized spacial score (nSPS) is 13.7. The van der Waals surface area contributed by atoms with Gasteiger partial charge in [-0.2, -0.15) is 0 Å². The Morgan fingerprint density at radius 3 is 1.25 bits per heavy atom. The highest BCUT2D eigenvalue weighted by Crippen LogP contribution is 2.43. The van der Waals surface area contributed by atoms with E-state index >= 15 is 0 Å². The summed E-state index contributed by atoms with van der Waals surface area (Å²) in [7, 11) is -4.29. The van der Waals surface area contributed by atoms with Gasteiger partial charge in [-0.3, -0.25) is 13.8 Å². The lowest BCUT2D eigenvalue weighted by atomic mass is 10.0. The molecular weight excluding hydrogens is 854 g/mol. The molecule has 2 unspecified atom stereocenters. The molecule has 0 aliphatic carbocycles. The highest BCUT2D eigenvalue weighted by atomic mass is 31.2. The lowest BCUT2D eigenvalue weighted by Crippen LogP contribution is -2.28. The monoisotopic (exact) mass is 962 g/mol. The Labute approximate surface area is 414 Å². The minimum absolute atomic E-state index is 0.0974. The Kier molecular flexibility index (Phi) is 53.7. The van der Waals surface area contributed by atoms with Gasteiger partial charge in [-0.1, -0.05) is 261 Å². The molecule has 0 heterocycles. The van der Waals surface area contributed by atoms with Crippen molar-refractivity contribution in [1.29, 1.82) is 0 Å². The predicted molar refractivity (Wildman–Crippen MR) is 289 cm³/mol. The summed E-state index contributed by atoms with van der Waals surface area (Å²) < 4.78 is 33.7. The molecule has 0 aliphatic rings. The second-order valence-electron chi connectivity index (χ2n) is 18.8. The average Bonchev–Trinajstić information content (AvgIpc) is 3.32. The van der Waals surface area contributed by atoms with Crippen molar-refractivity contribution in [2.75, 3.05) is 33.0 Å². The number of phosphoric acid groups is 1. The number of nitrogens with two attached hydrogens (primary N) is 1. The molecule has 0 aromatic heterocycles. The van der Waals surface area contributed by atoms with Gasteiger partial charge in [0.15, 0.2) is 0 Å². The fourth-order valence-corrected chi connectivity index (χ4v) is 8.85. The first-order chi connectivity index (χ1) is 32.9. The molecule has 0 fully saturated rings. The third-order valence-corrected chi connectivity index (χ3v) is 13.2. The largest absolute Gasteiger partial charge is 0.472 e. The second-order valence-corrected chi connectivity index (χ2v) is 20.2. The minimum atomic E-state index is -4.29. The van der Waals surface area contributed by atoms with Gasteiger partial charge in [-0.25, -0.2) is 4.57 Å². The fraction of sp³-hybridized carbons (Fsp3) is 0.810. The third-order valence-electron chi connectivity index (χ3n) is 12.2. The molecule has 0 bridgehead atoms. The summed E-state index contributed by atoms with van der Waals surface area (Å²) in [5, 5.41) is 0. The van der Waals surface area contributed by atoms with E-state index in [0.29, 0.717) is 13.0 Å². The van der Waals surface area contributed by atoms with Gasteiger partial charge in [0.05, 0.1) is 19.8 Å². The van der Waals surface area contributed by atoms with E-state index in [2.05, 4.69) is 74.6 Å². The van der Waals surface area contributed by atoms with Gasteiger partial charge in [-0.15, -0.1) is 0 Å². The third kappa shape index (κ3) is 55.0. The standard InChI is InChI=1S/C58H108NO7P/c1-3-5-7-9-11-13-15-17-19-21-23-25-27-28-30-32-34-36-38-40-42-44-46-48-50-53-63-55-57(56-65-67(61,62)64-54-52-59)66-58(60)51-49-47-45-43-41-39-37-35-33-31-29-26-24-22-20-18-16-14-12-10-8-6-4-2/h6,8,12,14,18,20,24,26,31,33,57H,3-5,7,9-11,13,15-17,19,21-23,25,27-30,32,34-56,59H2,1-2H3,(H,61,62)/b8-6-,14-12-,20-18-,26-24-,33-31-. The summed E-state index contributed by atoms with van der Waals surface area (Å²) in [4.78, 5) is 22.7. The van der Waals surface area contributed by atoms with Crippen LogP contribution < -0.4 is 5.73 Å². The molecular formula is C58H108NO7P. The molecule has 0 saturated heterocycles. The number of rotatable bonds is 54. The van der Waals surface area contributed by atoms with Gasteiger partial charge in [0.1, 0.15) is 6.10 Å². The Morgan fingerprint density at radius 2 is 0.836 bits per heavy atom. The number of carbonyl (C=O) groups excluding carboxylic acids is 1. The van der Waals surface area contributed by atoms with Gasteiger partial charge in [0.2, 0.25) is 0 Å². The summed E-state index contributed by atoms with van der Waals surface area (Å²) in [6.45, 7) is 4.84. The highest BCUT2D eigenvalue weighted by Gasteiger charge is 2.25. The molecule has 2 atom stereocenters. The number of ether oxygens (including phenoxy) is 2. The van der Waals surface area contributed by atoms with Crippen molar-refractivity contribution in [3.05, 3.63) is 60.8 Å². The Hall–Kier alpha value is -1.80. The summed E-state index contributed by atoms with van der Waals surface area (Å²) in [5.41, 5.74) is 5.40. The number of carbonyl (C=O) groups is 1. The lowest BCUT2D eigenvalue weighted by Gasteiger charge is -2.20. The van der Waals surface area contributed by atoms with Gasteiger partial charge >= 0.3 is 13.8 Å². The molecule has 0 rings (SSSR count). The maximum absolute atomic E-state index is 12.7. The van der Waals surface area contributed by atoms with Gasteiger partial charge in [0.25, 0.3) is 0 Å². The van der Waals surface area contributed by atoms with Crippen LogP contribution in [0, 0.1) is 0 Å². The van der Waals surface area contributed by atoms with Crippen molar-refractivity contribution < 1.29 is 32.8 Å². The van der Waals surface area contributed by atoms with Crippen LogP contribution in [0.25, 0.3) is 0 Å². The van der Waals surface area contributed by atoms with Crippen molar-refractivity contribution in [1.82, 2.24) is 0 Å². The molecule has 0 radical (unpaired) electrons. The molecule has 3 N–H and O–H groups in total. The van der Waals surface area contributed by atoms with Crippen LogP contribution in [0.2, 0.25) is 0 Å². The molecule has 0 aromatic rings. The number of hydrogen-bond acceptors (Lipinski definition) is 7. The van der Waals surface area contributed by atoms with E-state index in [1.165, 1.54) is 173 Å². The first-order valence-electron chi connectivity index (χ1n) is 28.3. The average molecular weight is 962 g/mol. The van der Waals surface area contributed by atoms with E-state index in [-0.39, 0.29) is 32.3 Å². The Balaban J connectivity index is 3.90. The van der Waals surface area contributed by atoms with Crippen molar-refractivity contribution in [2.45, 2.75) is 270 Å². The zero-order valence-electron chi connectivity index (χ0n) is 43.9. The highest BCUT2D eigenvalue weighted by molar-refractivity contribution is 7.47. The molecule has 0 amide bonds. The van der Waals surface area contributed by atoms with Crippen molar-refractivity contribution >= 4 is 13.8 Å². The SMILES string of the molecule is CC/C=C\C/C=C\C/C=C\C/C=C\C/C=C\CCCCCCCCCC(=O)OC(COCCCCCCCCCCCCCCCCCCCCCCCCCCC)COP(=O)(O)OCCN. The smallest absolute Gasteiger partial charge is 0.457 e. The second kappa shape index (κ2) is 55.1. The van der Waals surface area contributed by atoms with E-state index in [4.69, 9.17) is 24.3 Å². The van der Waals surface area contributed by atoms with Crippen LogP contribution in [-0.2, 0) is 27.9 Å². The lowest BCUT2D eigenvalue weighted by molar-refractivity contribution is -0.154. The Bertz CT molecular complexity index is 1220. The predicted octanol–water partition coefficient (Wildman–Crippen LogP) is 18.0. The van der Waals surface area contributed by atoms with Crippen LogP contribution in [0.15, 0.2) is 60.8 Å². The van der Waals surface area contributed by atoms with Crippen molar-refractivity contribution in [3.63, 3.8) is 0 Å². The van der Waals surface area contributed by atoms with Gasteiger partial charge in [-0.05, 0) is 57.8 Å².